The van der Waals surface area contributed by atoms with E-state index in [2.05, 4.69) is 35.1 Å². The van der Waals surface area contributed by atoms with Crippen molar-refractivity contribution in [2.45, 2.75) is 71.9 Å². The van der Waals surface area contributed by atoms with Gasteiger partial charge in [-0.1, -0.05) is 64.1 Å². The molecule has 2 amide bonds. The van der Waals surface area contributed by atoms with Crippen LogP contribution in [0.15, 0.2) is 53.0 Å². The van der Waals surface area contributed by atoms with Gasteiger partial charge in [-0.2, -0.15) is 0 Å². The molecule has 0 heterocycles. The fourth-order valence-corrected chi connectivity index (χ4v) is 4.06. The van der Waals surface area contributed by atoms with Gasteiger partial charge in [0, 0.05) is 12.6 Å². The van der Waals surface area contributed by atoms with Gasteiger partial charge in [-0.25, -0.2) is 0 Å². The van der Waals surface area contributed by atoms with Gasteiger partial charge in [0.25, 0.3) is 5.91 Å². The molecule has 0 radical (unpaired) electrons. The lowest BCUT2D eigenvalue weighted by Crippen LogP contribution is -2.52. The number of benzene rings is 2. The molecule has 0 saturated carbocycles. The average Bonchev–Trinajstić information content (AvgIpc) is 2.80. The highest BCUT2D eigenvalue weighted by Gasteiger charge is 2.29. The zero-order valence-corrected chi connectivity index (χ0v) is 22.0. The van der Waals surface area contributed by atoms with Gasteiger partial charge in [-0.3, -0.25) is 9.59 Å². The van der Waals surface area contributed by atoms with E-state index in [1.807, 2.05) is 69.3 Å². The van der Waals surface area contributed by atoms with E-state index in [0.29, 0.717) is 31.1 Å². The van der Waals surface area contributed by atoms with Gasteiger partial charge in [-0.05, 0) is 71.3 Å². The van der Waals surface area contributed by atoms with Crippen molar-refractivity contribution in [3.63, 3.8) is 0 Å². The lowest BCUT2D eigenvalue weighted by atomic mass is 10.0. The number of halogens is 1. The van der Waals surface area contributed by atoms with Gasteiger partial charge in [0.15, 0.2) is 6.61 Å². The maximum Gasteiger partial charge on any atom is 0.261 e. The van der Waals surface area contributed by atoms with Crippen LogP contribution < -0.4 is 10.1 Å². The summed E-state index contributed by atoms with van der Waals surface area (Å²) in [4.78, 5) is 27.9. The van der Waals surface area contributed by atoms with Crippen LogP contribution in [-0.4, -0.2) is 41.9 Å². The number of carbonyl (C=O) groups is 2. The Balaban J connectivity index is 2.16. The third kappa shape index (κ3) is 8.18. The number of hydrogen-bond acceptors (Lipinski definition) is 3. The topological polar surface area (TPSA) is 58.6 Å². The van der Waals surface area contributed by atoms with E-state index >= 15 is 0 Å². The van der Waals surface area contributed by atoms with Crippen molar-refractivity contribution in [2.75, 3.05) is 13.2 Å². The third-order valence-electron chi connectivity index (χ3n) is 5.84. The molecule has 2 atom stereocenters. The van der Waals surface area contributed by atoms with Gasteiger partial charge in [-0.15, -0.1) is 0 Å². The molecular weight excluding hydrogens is 480 g/mol. The Morgan fingerprint density at radius 1 is 1.03 bits per heavy atom. The van der Waals surface area contributed by atoms with Gasteiger partial charge in [0.2, 0.25) is 5.91 Å². The van der Waals surface area contributed by atoms with Crippen LogP contribution in [0.2, 0.25) is 0 Å². The maximum absolute atomic E-state index is 13.3. The van der Waals surface area contributed by atoms with E-state index in [4.69, 9.17) is 4.74 Å². The highest BCUT2D eigenvalue weighted by molar-refractivity contribution is 9.10. The van der Waals surface area contributed by atoms with Crippen molar-refractivity contribution in [3.8, 4) is 5.75 Å². The second-order valence-corrected chi connectivity index (χ2v) is 9.55. The molecule has 0 unspecified atom stereocenters. The summed E-state index contributed by atoms with van der Waals surface area (Å²) in [5, 5.41) is 3.03. The van der Waals surface area contributed by atoms with Crippen LogP contribution in [-0.2, 0) is 16.0 Å². The SMILES string of the molecule is CC[C@@H](C)NC(=O)[C@H](CC)N(CCc1ccccc1)C(=O)COc1ccc(C(C)C)cc1Br. The second kappa shape index (κ2) is 13.4. The van der Waals surface area contributed by atoms with Crippen LogP contribution in [0.25, 0.3) is 0 Å². The summed E-state index contributed by atoms with van der Waals surface area (Å²) < 4.78 is 6.69. The first-order valence-electron chi connectivity index (χ1n) is 11.8. The standard InChI is InChI=1S/C27H37BrN2O3/c1-6-20(5)29-27(32)24(7-2)30(16-15-21-11-9-8-10-12-21)26(31)18-33-25-14-13-22(19(3)4)17-23(25)28/h8-14,17,19-20,24H,6-7,15-16,18H2,1-5H3,(H,29,32)/t20-,24+/m1/s1. The highest BCUT2D eigenvalue weighted by Crippen LogP contribution is 2.29. The third-order valence-corrected chi connectivity index (χ3v) is 6.46. The van der Waals surface area contributed by atoms with E-state index < -0.39 is 6.04 Å². The molecule has 0 spiro atoms. The first-order chi connectivity index (χ1) is 15.8. The molecule has 5 nitrogen and oxygen atoms in total. The van der Waals surface area contributed by atoms with Crippen molar-refractivity contribution in [3.05, 3.63) is 64.1 Å². The van der Waals surface area contributed by atoms with Crippen molar-refractivity contribution in [2.24, 2.45) is 0 Å². The molecule has 0 aliphatic rings. The molecule has 0 saturated heterocycles. The summed E-state index contributed by atoms with van der Waals surface area (Å²) in [5.41, 5.74) is 2.32. The van der Waals surface area contributed by atoms with E-state index in [1.54, 1.807) is 4.90 Å². The smallest absolute Gasteiger partial charge is 0.261 e. The molecule has 0 aliphatic heterocycles. The molecule has 33 heavy (non-hydrogen) atoms. The van der Waals surface area contributed by atoms with Crippen LogP contribution in [0.3, 0.4) is 0 Å². The van der Waals surface area contributed by atoms with Crippen molar-refractivity contribution in [1.29, 1.82) is 0 Å². The minimum Gasteiger partial charge on any atom is -0.483 e. The Kier molecular flexibility index (Phi) is 10.9. The molecule has 0 fully saturated rings. The molecule has 2 rings (SSSR count). The van der Waals surface area contributed by atoms with Crippen molar-refractivity contribution in [1.82, 2.24) is 10.2 Å². The number of nitrogens with one attached hydrogen (secondary N) is 1. The zero-order valence-electron chi connectivity index (χ0n) is 20.4. The number of nitrogens with zero attached hydrogens (tertiary/aromatic N) is 1. The minimum absolute atomic E-state index is 0.0595. The van der Waals surface area contributed by atoms with Crippen molar-refractivity contribution < 1.29 is 14.3 Å². The van der Waals surface area contributed by atoms with Crippen LogP contribution >= 0.6 is 15.9 Å². The molecule has 2 aromatic carbocycles. The minimum atomic E-state index is -0.537. The largest absolute Gasteiger partial charge is 0.483 e. The van der Waals surface area contributed by atoms with E-state index in [-0.39, 0.29) is 24.5 Å². The Morgan fingerprint density at radius 2 is 1.73 bits per heavy atom. The quantitative estimate of drug-likeness (QED) is 0.392. The second-order valence-electron chi connectivity index (χ2n) is 8.70. The summed E-state index contributed by atoms with van der Waals surface area (Å²) in [6.07, 6.45) is 2.05. The first-order valence-corrected chi connectivity index (χ1v) is 12.6. The molecule has 180 valence electrons. The first kappa shape index (κ1) is 26.9. The zero-order chi connectivity index (χ0) is 24.4. The van der Waals surface area contributed by atoms with E-state index in [9.17, 15) is 9.59 Å². The average molecular weight is 518 g/mol. The van der Waals surface area contributed by atoms with Gasteiger partial charge in [0.1, 0.15) is 11.8 Å². The summed E-state index contributed by atoms with van der Waals surface area (Å²) in [6, 6.07) is 15.4. The number of carbonyl (C=O) groups excluding carboxylic acids is 2. The predicted octanol–water partition coefficient (Wildman–Crippen LogP) is 5.72. The summed E-state index contributed by atoms with van der Waals surface area (Å²) in [6.45, 7) is 10.5. The molecule has 2 aromatic rings. The highest BCUT2D eigenvalue weighted by atomic mass is 79.9. The van der Waals surface area contributed by atoms with Crippen LogP contribution in [0.5, 0.6) is 5.75 Å². The predicted molar refractivity (Wildman–Crippen MR) is 138 cm³/mol. The molecule has 0 aromatic heterocycles. The van der Waals surface area contributed by atoms with Crippen LogP contribution in [0.1, 0.15) is 64.5 Å². The monoisotopic (exact) mass is 516 g/mol. The summed E-state index contributed by atoms with van der Waals surface area (Å²) in [7, 11) is 0. The Labute approximate surface area is 207 Å². The maximum atomic E-state index is 13.3. The normalized spacial score (nSPS) is 12.8. The van der Waals surface area contributed by atoms with Crippen LogP contribution in [0.4, 0.5) is 0 Å². The molecule has 0 aliphatic carbocycles. The van der Waals surface area contributed by atoms with Crippen molar-refractivity contribution >= 4 is 27.7 Å². The Morgan fingerprint density at radius 3 is 2.30 bits per heavy atom. The fourth-order valence-electron chi connectivity index (χ4n) is 3.55. The fraction of sp³-hybridized carbons (Fsp3) is 0.481. The lowest BCUT2D eigenvalue weighted by molar-refractivity contribution is -0.142. The summed E-state index contributed by atoms with van der Waals surface area (Å²) in [5.74, 6) is 0.709. The Hall–Kier alpha value is -2.34. The van der Waals surface area contributed by atoms with Gasteiger partial charge < -0.3 is 15.0 Å². The molecule has 0 bridgehead atoms. The van der Waals surface area contributed by atoms with E-state index in [1.165, 1.54) is 5.56 Å². The van der Waals surface area contributed by atoms with Crippen LogP contribution in [0, 0.1) is 0 Å². The number of amides is 2. The summed E-state index contributed by atoms with van der Waals surface area (Å²) >= 11 is 3.55. The van der Waals surface area contributed by atoms with Gasteiger partial charge >= 0.3 is 0 Å². The molecule has 6 heteroatoms. The van der Waals surface area contributed by atoms with E-state index in [0.717, 1.165) is 16.5 Å². The van der Waals surface area contributed by atoms with Gasteiger partial charge in [0.05, 0.1) is 4.47 Å². The number of hydrogen-bond donors (Lipinski definition) is 1. The number of ether oxygens (including phenoxy) is 1. The number of rotatable bonds is 12. The molecule has 1 N–H and O–H groups in total. The lowest BCUT2D eigenvalue weighted by Gasteiger charge is -2.31. The molecular formula is C27H37BrN2O3. The Bertz CT molecular complexity index is 901.